The van der Waals surface area contributed by atoms with Gasteiger partial charge in [0.1, 0.15) is 5.54 Å². The van der Waals surface area contributed by atoms with Crippen molar-refractivity contribution in [2.75, 3.05) is 7.05 Å². The van der Waals surface area contributed by atoms with E-state index < -0.39 is 11.5 Å². The molecule has 0 saturated heterocycles. The van der Waals surface area contributed by atoms with E-state index in [2.05, 4.69) is 13.8 Å². The average Bonchev–Trinajstić information content (AvgIpc) is 2.16. The average molecular weight is 227 g/mol. The largest absolute Gasteiger partial charge is 0.480 e. The van der Waals surface area contributed by atoms with E-state index in [9.17, 15) is 9.90 Å². The molecule has 0 unspecified atom stereocenters. The Kier molecular flexibility index (Phi) is 3.68. The fourth-order valence-corrected chi connectivity index (χ4v) is 2.38. The van der Waals surface area contributed by atoms with Gasteiger partial charge >= 0.3 is 5.97 Å². The Balaban J connectivity index is 2.64. The number of nitrogens with zero attached hydrogens (tertiary/aromatic N) is 1. The number of hydrogen-bond donors (Lipinski definition) is 1. The lowest BCUT2D eigenvalue weighted by Crippen LogP contribution is -2.53. The molecule has 1 fully saturated rings. The second-order valence-electron chi connectivity index (χ2n) is 6.37. The highest BCUT2D eigenvalue weighted by atomic mass is 16.4. The highest BCUT2D eigenvalue weighted by Crippen LogP contribution is 2.38. The first-order chi connectivity index (χ1) is 7.17. The Hall–Kier alpha value is -0.570. The van der Waals surface area contributed by atoms with Crippen LogP contribution in [-0.2, 0) is 4.79 Å². The number of carbonyl (C=O) groups is 1. The molecule has 94 valence electrons. The lowest BCUT2D eigenvalue weighted by Gasteiger charge is -2.43. The maximum Gasteiger partial charge on any atom is 0.323 e. The van der Waals surface area contributed by atoms with Crippen molar-refractivity contribution in [3.63, 3.8) is 0 Å². The van der Waals surface area contributed by atoms with E-state index in [-0.39, 0.29) is 0 Å². The Bertz CT molecular complexity index is 261. The first kappa shape index (κ1) is 13.5. The van der Waals surface area contributed by atoms with Crippen LogP contribution in [0.25, 0.3) is 0 Å². The minimum absolute atomic E-state index is 0.416. The SMILES string of the molecule is CN(C1CCC(C)(C)CC1)C(C)(C)C(=O)O. The lowest BCUT2D eigenvalue weighted by molar-refractivity contribution is -0.150. The Morgan fingerprint density at radius 1 is 1.31 bits per heavy atom. The van der Waals surface area contributed by atoms with Gasteiger partial charge in [0.05, 0.1) is 0 Å². The van der Waals surface area contributed by atoms with Crippen LogP contribution in [0.2, 0.25) is 0 Å². The lowest BCUT2D eigenvalue weighted by atomic mass is 9.74. The van der Waals surface area contributed by atoms with Crippen molar-refractivity contribution in [1.29, 1.82) is 0 Å². The van der Waals surface area contributed by atoms with Crippen LogP contribution in [0.5, 0.6) is 0 Å². The molecule has 0 amide bonds. The van der Waals surface area contributed by atoms with Gasteiger partial charge in [-0.2, -0.15) is 0 Å². The molecule has 0 heterocycles. The molecule has 1 aliphatic carbocycles. The zero-order valence-electron chi connectivity index (χ0n) is 11.2. The van der Waals surface area contributed by atoms with E-state index in [1.54, 1.807) is 13.8 Å². The molecule has 0 aromatic rings. The second-order valence-corrected chi connectivity index (χ2v) is 6.37. The molecule has 3 heteroatoms. The van der Waals surface area contributed by atoms with Crippen molar-refractivity contribution < 1.29 is 9.90 Å². The van der Waals surface area contributed by atoms with Gasteiger partial charge in [-0.15, -0.1) is 0 Å². The predicted molar refractivity (Wildman–Crippen MR) is 65.5 cm³/mol. The molecule has 0 radical (unpaired) electrons. The second kappa shape index (κ2) is 4.36. The van der Waals surface area contributed by atoms with Crippen molar-refractivity contribution in [2.24, 2.45) is 5.41 Å². The highest BCUT2D eigenvalue weighted by Gasteiger charge is 2.38. The topological polar surface area (TPSA) is 40.5 Å². The summed E-state index contributed by atoms with van der Waals surface area (Å²) in [4.78, 5) is 13.2. The summed E-state index contributed by atoms with van der Waals surface area (Å²) in [5.41, 5.74) is -0.323. The molecule has 1 aliphatic rings. The molecular formula is C13H25NO2. The fraction of sp³-hybridized carbons (Fsp3) is 0.923. The molecular weight excluding hydrogens is 202 g/mol. The third-order valence-corrected chi connectivity index (χ3v) is 4.26. The van der Waals surface area contributed by atoms with Crippen molar-refractivity contribution in [2.45, 2.75) is 65.0 Å². The van der Waals surface area contributed by atoms with E-state index in [1.807, 2.05) is 11.9 Å². The first-order valence-electron chi connectivity index (χ1n) is 6.13. The molecule has 0 aromatic heterocycles. The van der Waals surface area contributed by atoms with Crippen LogP contribution in [0, 0.1) is 5.41 Å². The molecule has 1 rings (SSSR count). The molecule has 1 N–H and O–H groups in total. The third kappa shape index (κ3) is 2.76. The van der Waals surface area contributed by atoms with E-state index >= 15 is 0 Å². The molecule has 0 atom stereocenters. The molecule has 0 spiro atoms. The Labute approximate surface area is 98.8 Å². The third-order valence-electron chi connectivity index (χ3n) is 4.26. The van der Waals surface area contributed by atoms with Crippen molar-refractivity contribution >= 4 is 5.97 Å². The van der Waals surface area contributed by atoms with Gasteiger partial charge in [-0.05, 0) is 52.0 Å². The molecule has 3 nitrogen and oxygen atoms in total. The van der Waals surface area contributed by atoms with Gasteiger partial charge in [-0.25, -0.2) is 0 Å². The van der Waals surface area contributed by atoms with Crippen LogP contribution in [0.1, 0.15) is 53.4 Å². The van der Waals surface area contributed by atoms with Crippen molar-refractivity contribution in [3.8, 4) is 0 Å². The van der Waals surface area contributed by atoms with Gasteiger partial charge in [-0.1, -0.05) is 13.8 Å². The van der Waals surface area contributed by atoms with Crippen LogP contribution >= 0.6 is 0 Å². The summed E-state index contributed by atoms with van der Waals surface area (Å²) in [5, 5.41) is 9.20. The summed E-state index contributed by atoms with van der Waals surface area (Å²) in [7, 11) is 1.94. The van der Waals surface area contributed by atoms with Crippen LogP contribution in [-0.4, -0.2) is 34.6 Å². The molecule has 0 aliphatic heterocycles. The van der Waals surface area contributed by atoms with Crippen LogP contribution in [0.4, 0.5) is 0 Å². The van der Waals surface area contributed by atoms with E-state index in [0.717, 1.165) is 12.8 Å². The van der Waals surface area contributed by atoms with Crippen LogP contribution in [0.3, 0.4) is 0 Å². The number of carboxylic acids is 1. The maximum absolute atomic E-state index is 11.2. The van der Waals surface area contributed by atoms with Gasteiger partial charge in [0.2, 0.25) is 0 Å². The van der Waals surface area contributed by atoms with Gasteiger partial charge in [-0.3, -0.25) is 9.69 Å². The number of aliphatic carboxylic acids is 1. The highest BCUT2D eigenvalue weighted by molar-refractivity contribution is 5.77. The van der Waals surface area contributed by atoms with E-state index in [4.69, 9.17) is 0 Å². The summed E-state index contributed by atoms with van der Waals surface area (Å²) in [6.07, 6.45) is 4.61. The normalized spacial score (nSPS) is 22.4. The number of likely N-dealkylation sites (N-methyl/N-ethyl adjacent to an activating group) is 1. The fourth-order valence-electron chi connectivity index (χ4n) is 2.38. The van der Waals surface area contributed by atoms with Crippen molar-refractivity contribution in [1.82, 2.24) is 4.90 Å². The van der Waals surface area contributed by atoms with E-state index in [1.165, 1.54) is 12.8 Å². The molecule has 0 aromatic carbocycles. The molecule has 0 bridgehead atoms. The zero-order valence-corrected chi connectivity index (χ0v) is 11.2. The summed E-state index contributed by atoms with van der Waals surface area (Å²) < 4.78 is 0. The minimum atomic E-state index is -0.758. The number of carboxylic acid groups (broad SMARTS) is 1. The number of hydrogen-bond acceptors (Lipinski definition) is 2. The Morgan fingerprint density at radius 2 is 1.75 bits per heavy atom. The summed E-state index contributed by atoms with van der Waals surface area (Å²) in [5.74, 6) is -0.736. The standard InChI is InChI=1S/C13H25NO2/c1-12(2)8-6-10(7-9-12)14(5)13(3,4)11(15)16/h10H,6-9H2,1-5H3,(H,15,16). The Morgan fingerprint density at radius 3 is 2.12 bits per heavy atom. The van der Waals surface area contributed by atoms with Crippen molar-refractivity contribution in [3.05, 3.63) is 0 Å². The van der Waals surface area contributed by atoms with Crippen LogP contribution < -0.4 is 0 Å². The quantitative estimate of drug-likeness (QED) is 0.806. The van der Waals surface area contributed by atoms with Gasteiger partial charge < -0.3 is 5.11 Å². The smallest absolute Gasteiger partial charge is 0.323 e. The van der Waals surface area contributed by atoms with Gasteiger partial charge in [0, 0.05) is 6.04 Å². The minimum Gasteiger partial charge on any atom is -0.480 e. The predicted octanol–water partition coefficient (Wildman–Crippen LogP) is 2.75. The molecule has 16 heavy (non-hydrogen) atoms. The zero-order chi connectivity index (χ0) is 12.6. The summed E-state index contributed by atoms with van der Waals surface area (Å²) >= 11 is 0. The molecule has 1 saturated carbocycles. The van der Waals surface area contributed by atoms with Gasteiger partial charge in [0.25, 0.3) is 0 Å². The van der Waals surface area contributed by atoms with E-state index in [0.29, 0.717) is 11.5 Å². The summed E-state index contributed by atoms with van der Waals surface area (Å²) in [6.45, 7) is 8.17. The van der Waals surface area contributed by atoms with Gasteiger partial charge in [0.15, 0.2) is 0 Å². The van der Waals surface area contributed by atoms with Crippen LogP contribution in [0.15, 0.2) is 0 Å². The summed E-state index contributed by atoms with van der Waals surface area (Å²) in [6, 6.07) is 0.416. The number of rotatable bonds is 3. The maximum atomic E-state index is 11.2. The first-order valence-corrected chi connectivity index (χ1v) is 6.13. The monoisotopic (exact) mass is 227 g/mol.